The van der Waals surface area contributed by atoms with Gasteiger partial charge in [0, 0.05) is 6.07 Å². The van der Waals surface area contributed by atoms with Crippen molar-refractivity contribution in [2.45, 2.75) is 25.5 Å². The first-order valence-corrected chi connectivity index (χ1v) is 8.18. The number of nitrogens with one attached hydrogen (secondary N) is 1. The number of carbonyl (C=O) groups excluding carboxylic acids is 1. The van der Waals surface area contributed by atoms with Gasteiger partial charge in [-0.15, -0.1) is 0 Å². The van der Waals surface area contributed by atoms with Crippen LogP contribution in [0.1, 0.15) is 24.5 Å². The Labute approximate surface area is 146 Å². The molecule has 0 saturated carbocycles. The topological polar surface area (TPSA) is 67.2 Å². The Bertz CT molecular complexity index is 826. The SMILES string of the molecule is CC(O)(CC(=O)Nc1ccnn1Cc1ccccc1)c1ccccc1. The van der Waals surface area contributed by atoms with Crippen LogP contribution in [0.4, 0.5) is 5.82 Å². The molecule has 5 heteroatoms. The molecule has 128 valence electrons. The van der Waals surface area contributed by atoms with E-state index in [4.69, 9.17) is 0 Å². The Morgan fingerprint density at radius 2 is 1.72 bits per heavy atom. The fourth-order valence-corrected chi connectivity index (χ4v) is 2.72. The molecular formula is C20H21N3O2. The van der Waals surface area contributed by atoms with Crippen LogP contribution in [-0.2, 0) is 16.9 Å². The van der Waals surface area contributed by atoms with Crippen LogP contribution >= 0.6 is 0 Å². The molecule has 1 atom stereocenters. The summed E-state index contributed by atoms with van der Waals surface area (Å²) >= 11 is 0. The number of amides is 1. The maximum atomic E-state index is 12.4. The molecule has 25 heavy (non-hydrogen) atoms. The number of nitrogens with zero attached hydrogens (tertiary/aromatic N) is 2. The molecule has 3 rings (SSSR count). The second-order valence-corrected chi connectivity index (χ2v) is 6.22. The first-order valence-electron chi connectivity index (χ1n) is 8.18. The zero-order valence-electron chi connectivity index (χ0n) is 14.1. The van der Waals surface area contributed by atoms with E-state index in [1.54, 1.807) is 23.9 Å². The number of hydrogen-bond donors (Lipinski definition) is 2. The van der Waals surface area contributed by atoms with Crippen LogP contribution in [0.25, 0.3) is 0 Å². The maximum Gasteiger partial charge on any atom is 0.228 e. The summed E-state index contributed by atoms with van der Waals surface area (Å²) in [5.74, 6) is 0.348. The largest absolute Gasteiger partial charge is 0.385 e. The smallest absolute Gasteiger partial charge is 0.228 e. The second kappa shape index (κ2) is 7.32. The molecule has 1 unspecified atom stereocenters. The first-order chi connectivity index (χ1) is 12.0. The molecular weight excluding hydrogens is 314 g/mol. The third-order valence-electron chi connectivity index (χ3n) is 4.06. The summed E-state index contributed by atoms with van der Waals surface area (Å²) in [7, 11) is 0. The van der Waals surface area contributed by atoms with E-state index >= 15 is 0 Å². The van der Waals surface area contributed by atoms with Gasteiger partial charge >= 0.3 is 0 Å². The van der Waals surface area contributed by atoms with Crippen LogP contribution in [0.2, 0.25) is 0 Å². The molecule has 0 spiro atoms. The highest BCUT2D eigenvalue weighted by molar-refractivity contribution is 5.90. The minimum atomic E-state index is -1.23. The molecule has 3 aromatic rings. The molecule has 0 aliphatic carbocycles. The van der Waals surface area contributed by atoms with E-state index in [2.05, 4.69) is 10.4 Å². The minimum Gasteiger partial charge on any atom is -0.385 e. The van der Waals surface area contributed by atoms with Crippen LogP contribution in [0.15, 0.2) is 72.9 Å². The number of benzene rings is 2. The fraction of sp³-hybridized carbons (Fsp3) is 0.200. The zero-order valence-corrected chi connectivity index (χ0v) is 14.1. The number of rotatable bonds is 6. The highest BCUT2D eigenvalue weighted by atomic mass is 16.3. The lowest BCUT2D eigenvalue weighted by Gasteiger charge is -2.23. The molecule has 0 aliphatic heterocycles. The number of aliphatic hydroxyl groups is 1. The number of aromatic nitrogens is 2. The van der Waals surface area contributed by atoms with Crippen LogP contribution in [-0.4, -0.2) is 20.8 Å². The summed E-state index contributed by atoms with van der Waals surface area (Å²) in [6.45, 7) is 2.21. The van der Waals surface area contributed by atoms with Gasteiger partial charge in [-0.25, -0.2) is 4.68 Å². The van der Waals surface area contributed by atoms with Crippen molar-refractivity contribution >= 4 is 11.7 Å². The van der Waals surface area contributed by atoms with Crippen molar-refractivity contribution in [1.82, 2.24) is 9.78 Å². The summed E-state index contributed by atoms with van der Waals surface area (Å²) in [6, 6.07) is 20.8. The second-order valence-electron chi connectivity index (χ2n) is 6.22. The van der Waals surface area contributed by atoms with Crippen molar-refractivity contribution in [3.63, 3.8) is 0 Å². The van der Waals surface area contributed by atoms with E-state index in [1.807, 2.05) is 60.7 Å². The Kier molecular flexibility index (Phi) is 4.95. The third-order valence-corrected chi connectivity index (χ3v) is 4.06. The van der Waals surface area contributed by atoms with Gasteiger partial charge in [0.2, 0.25) is 5.91 Å². The van der Waals surface area contributed by atoms with E-state index in [9.17, 15) is 9.90 Å². The summed E-state index contributed by atoms with van der Waals surface area (Å²) in [5, 5.41) is 17.7. The lowest BCUT2D eigenvalue weighted by atomic mass is 9.92. The Morgan fingerprint density at radius 1 is 1.08 bits per heavy atom. The Hall–Kier alpha value is -2.92. The van der Waals surface area contributed by atoms with Crippen LogP contribution in [0.3, 0.4) is 0 Å². The number of carbonyl (C=O) groups is 1. The third kappa shape index (κ3) is 4.33. The van der Waals surface area contributed by atoms with Crippen molar-refractivity contribution in [3.8, 4) is 0 Å². The van der Waals surface area contributed by atoms with Gasteiger partial charge < -0.3 is 10.4 Å². The van der Waals surface area contributed by atoms with E-state index in [0.717, 1.165) is 5.56 Å². The van der Waals surface area contributed by atoms with Crippen LogP contribution in [0.5, 0.6) is 0 Å². The molecule has 0 bridgehead atoms. The summed E-state index contributed by atoms with van der Waals surface area (Å²) in [5.41, 5.74) is 0.580. The van der Waals surface area contributed by atoms with Crippen molar-refractivity contribution in [2.75, 3.05) is 5.32 Å². The molecule has 0 fully saturated rings. The van der Waals surface area contributed by atoms with Gasteiger partial charge in [0.05, 0.1) is 24.8 Å². The fourth-order valence-electron chi connectivity index (χ4n) is 2.72. The normalized spacial score (nSPS) is 13.2. The van der Waals surface area contributed by atoms with Crippen LogP contribution in [0, 0.1) is 0 Å². The molecule has 0 radical (unpaired) electrons. The number of hydrogen-bond acceptors (Lipinski definition) is 3. The molecule has 0 saturated heterocycles. The molecule has 5 nitrogen and oxygen atoms in total. The van der Waals surface area contributed by atoms with Gasteiger partial charge in [-0.05, 0) is 18.1 Å². The lowest BCUT2D eigenvalue weighted by Crippen LogP contribution is -2.29. The average molecular weight is 335 g/mol. The summed E-state index contributed by atoms with van der Waals surface area (Å²) in [6.07, 6.45) is 1.61. The van der Waals surface area contributed by atoms with Crippen LogP contribution < -0.4 is 5.32 Å². The first kappa shape index (κ1) is 16.9. The quantitative estimate of drug-likeness (QED) is 0.727. The van der Waals surface area contributed by atoms with E-state index in [-0.39, 0.29) is 12.3 Å². The summed E-state index contributed by atoms with van der Waals surface area (Å²) < 4.78 is 1.73. The number of anilines is 1. The van der Waals surface area contributed by atoms with Gasteiger partial charge in [0.15, 0.2) is 0 Å². The van der Waals surface area contributed by atoms with Gasteiger partial charge in [-0.1, -0.05) is 60.7 Å². The molecule has 1 heterocycles. The molecule has 1 aromatic heterocycles. The maximum absolute atomic E-state index is 12.4. The standard InChI is InChI=1S/C20H21N3O2/c1-20(25,17-10-6-3-7-11-17)14-19(24)22-18-12-13-21-23(18)15-16-8-4-2-5-9-16/h2-13,25H,14-15H2,1H3,(H,22,24). The highest BCUT2D eigenvalue weighted by Crippen LogP contribution is 2.24. The minimum absolute atomic E-state index is 0.0342. The molecule has 0 aliphatic rings. The monoisotopic (exact) mass is 335 g/mol. The average Bonchev–Trinajstić information content (AvgIpc) is 3.03. The lowest BCUT2D eigenvalue weighted by molar-refractivity contribution is -0.120. The highest BCUT2D eigenvalue weighted by Gasteiger charge is 2.26. The van der Waals surface area contributed by atoms with Crippen molar-refractivity contribution < 1.29 is 9.90 Å². The molecule has 2 N–H and O–H groups in total. The predicted molar refractivity (Wildman–Crippen MR) is 97.0 cm³/mol. The van der Waals surface area contributed by atoms with Crippen molar-refractivity contribution in [1.29, 1.82) is 0 Å². The van der Waals surface area contributed by atoms with Gasteiger partial charge in [0.25, 0.3) is 0 Å². The predicted octanol–water partition coefficient (Wildman–Crippen LogP) is 3.17. The van der Waals surface area contributed by atoms with E-state index in [0.29, 0.717) is 17.9 Å². The Balaban J connectivity index is 1.67. The van der Waals surface area contributed by atoms with E-state index < -0.39 is 5.60 Å². The van der Waals surface area contributed by atoms with Gasteiger partial charge in [-0.3, -0.25) is 4.79 Å². The van der Waals surface area contributed by atoms with E-state index in [1.165, 1.54) is 0 Å². The van der Waals surface area contributed by atoms with Gasteiger partial charge in [-0.2, -0.15) is 5.10 Å². The summed E-state index contributed by atoms with van der Waals surface area (Å²) in [4.78, 5) is 12.4. The van der Waals surface area contributed by atoms with Crippen molar-refractivity contribution in [2.24, 2.45) is 0 Å². The zero-order chi connectivity index (χ0) is 17.7. The molecule has 1 amide bonds. The van der Waals surface area contributed by atoms with Gasteiger partial charge in [0.1, 0.15) is 5.82 Å². The molecule has 2 aromatic carbocycles. The Morgan fingerprint density at radius 3 is 2.40 bits per heavy atom. The van der Waals surface area contributed by atoms with Crippen molar-refractivity contribution in [3.05, 3.63) is 84.1 Å².